The first-order valence-electron chi connectivity index (χ1n) is 4.23. The number of methoxy groups -OCH3 is 1. The van der Waals surface area contributed by atoms with E-state index < -0.39 is 0 Å². The zero-order valence-electron chi connectivity index (χ0n) is 7.93. The molecule has 0 aliphatic heterocycles. The predicted molar refractivity (Wildman–Crippen MR) is 56.6 cm³/mol. The molecule has 0 aliphatic carbocycles. The van der Waals surface area contributed by atoms with E-state index in [0.717, 1.165) is 17.3 Å². The molecule has 0 unspecified atom stereocenters. The van der Waals surface area contributed by atoms with Crippen LogP contribution in [0.15, 0.2) is 18.2 Å². The molecule has 0 fully saturated rings. The normalized spacial score (nSPS) is 10.1. The Hall–Kier alpha value is -0.730. The van der Waals surface area contributed by atoms with E-state index in [1.54, 1.807) is 7.11 Å². The highest BCUT2D eigenvalue weighted by molar-refractivity contribution is 6.33. The number of hydrogen-bond acceptors (Lipinski definition) is 2. The summed E-state index contributed by atoms with van der Waals surface area (Å²) in [6.07, 6.45) is 0. The second-order valence-electron chi connectivity index (χ2n) is 2.90. The lowest BCUT2D eigenvalue weighted by Gasteiger charge is -2.08. The van der Waals surface area contributed by atoms with Gasteiger partial charge in [-0.15, -0.1) is 0 Å². The second kappa shape index (κ2) is 5.10. The van der Waals surface area contributed by atoms with Crippen molar-refractivity contribution in [1.29, 1.82) is 0 Å². The lowest BCUT2D eigenvalue weighted by molar-refractivity contribution is 0.211. The minimum Gasteiger partial charge on any atom is -0.383 e. The quantitative estimate of drug-likeness (QED) is 0.753. The Morgan fingerprint density at radius 2 is 2.23 bits per heavy atom. The third-order valence-electron chi connectivity index (χ3n) is 1.74. The van der Waals surface area contributed by atoms with Crippen molar-refractivity contribution < 1.29 is 4.74 Å². The van der Waals surface area contributed by atoms with Crippen LogP contribution in [0, 0.1) is 6.92 Å². The van der Waals surface area contributed by atoms with Crippen LogP contribution in [0.2, 0.25) is 5.02 Å². The van der Waals surface area contributed by atoms with E-state index in [1.807, 2.05) is 25.1 Å². The minimum atomic E-state index is 0.685. The highest BCUT2D eigenvalue weighted by atomic mass is 35.5. The summed E-state index contributed by atoms with van der Waals surface area (Å²) < 4.78 is 4.93. The van der Waals surface area contributed by atoms with Crippen molar-refractivity contribution in [1.82, 2.24) is 0 Å². The van der Waals surface area contributed by atoms with Gasteiger partial charge in [0.1, 0.15) is 0 Å². The molecule has 0 radical (unpaired) electrons. The third-order valence-corrected chi connectivity index (χ3v) is 2.07. The first-order chi connectivity index (χ1) is 6.24. The van der Waals surface area contributed by atoms with Crippen LogP contribution in [0.3, 0.4) is 0 Å². The van der Waals surface area contributed by atoms with Gasteiger partial charge >= 0.3 is 0 Å². The van der Waals surface area contributed by atoms with Crippen molar-refractivity contribution in [2.75, 3.05) is 25.6 Å². The van der Waals surface area contributed by atoms with E-state index in [1.165, 1.54) is 5.56 Å². The van der Waals surface area contributed by atoms with Crippen LogP contribution in [-0.2, 0) is 4.74 Å². The monoisotopic (exact) mass is 199 g/mol. The van der Waals surface area contributed by atoms with Gasteiger partial charge in [-0.3, -0.25) is 0 Å². The molecule has 0 saturated heterocycles. The van der Waals surface area contributed by atoms with Crippen molar-refractivity contribution >= 4 is 17.3 Å². The molecule has 1 rings (SSSR count). The SMILES string of the molecule is COCCNc1cc(C)ccc1Cl. The number of ether oxygens (including phenoxy) is 1. The van der Waals surface area contributed by atoms with Gasteiger partial charge < -0.3 is 10.1 Å². The molecule has 1 N–H and O–H groups in total. The van der Waals surface area contributed by atoms with Crippen molar-refractivity contribution in [3.8, 4) is 0 Å². The topological polar surface area (TPSA) is 21.3 Å². The fourth-order valence-electron chi connectivity index (χ4n) is 1.06. The lowest BCUT2D eigenvalue weighted by Crippen LogP contribution is -2.07. The molecular weight excluding hydrogens is 186 g/mol. The van der Waals surface area contributed by atoms with E-state index in [2.05, 4.69) is 5.32 Å². The minimum absolute atomic E-state index is 0.685. The molecule has 0 amide bonds. The number of rotatable bonds is 4. The van der Waals surface area contributed by atoms with Gasteiger partial charge in [-0.1, -0.05) is 17.7 Å². The standard InChI is InChI=1S/C10H14ClNO/c1-8-3-4-9(11)10(7-8)12-5-6-13-2/h3-4,7,12H,5-6H2,1-2H3. The molecule has 0 saturated carbocycles. The Morgan fingerprint density at radius 3 is 2.92 bits per heavy atom. The maximum Gasteiger partial charge on any atom is 0.0637 e. The van der Waals surface area contributed by atoms with Gasteiger partial charge in [0.15, 0.2) is 0 Å². The summed E-state index contributed by atoms with van der Waals surface area (Å²) >= 11 is 5.97. The zero-order chi connectivity index (χ0) is 9.68. The van der Waals surface area contributed by atoms with Crippen LogP contribution in [0.25, 0.3) is 0 Å². The van der Waals surface area contributed by atoms with Gasteiger partial charge in [-0.25, -0.2) is 0 Å². The summed E-state index contributed by atoms with van der Waals surface area (Å²) in [5, 5.41) is 3.95. The van der Waals surface area contributed by atoms with Crippen LogP contribution >= 0.6 is 11.6 Å². The van der Waals surface area contributed by atoms with Crippen LogP contribution in [0.4, 0.5) is 5.69 Å². The first kappa shape index (κ1) is 10.4. The Morgan fingerprint density at radius 1 is 1.46 bits per heavy atom. The van der Waals surface area contributed by atoms with Gasteiger partial charge in [0.2, 0.25) is 0 Å². The van der Waals surface area contributed by atoms with Crippen molar-refractivity contribution in [3.63, 3.8) is 0 Å². The highest BCUT2D eigenvalue weighted by Crippen LogP contribution is 2.22. The summed E-state index contributed by atoms with van der Waals surface area (Å²) in [4.78, 5) is 0. The largest absolute Gasteiger partial charge is 0.383 e. The van der Waals surface area contributed by atoms with Gasteiger partial charge in [0.05, 0.1) is 17.3 Å². The van der Waals surface area contributed by atoms with Crippen LogP contribution in [0.5, 0.6) is 0 Å². The molecule has 0 atom stereocenters. The van der Waals surface area contributed by atoms with E-state index in [-0.39, 0.29) is 0 Å². The number of benzene rings is 1. The molecule has 0 bridgehead atoms. The van der Waals surface area contributed by atoms with Crippen molar-refractivity contribution in [2.24, 2.45) is 0 Å². The van der Waals surface area contributed by atoms with Gasteiger partial charge in [-0.2, -0.15) is 0 Å². The molecule has 13 heavy (non-hydrogen) atoms. The Labute approximate surface area is 83.9 Å². The molecule has 2 nitrogen and oxygen atoms in total. The number of aryl methyl sites for hydroxylation is 1. The number of anilines is 1. The number of nitrogens with one attached hydrogen (secondary N) is 1. The van der Waals surface area contributed by atoms with Gasteiger partial charge in [0, 0.05) is 13.7 Å². The third kappa shape index (κ3) is 3.25. The summed E-state index contributed by atoms with van der Waals surface area (Å²) in [7, 11) is 1.68. The second-order valence-corrected chi connectivity index (χ2v) is 3.31. The van der Waals surface area contributed by atoms with Crippen LogP contribution in [-0.4, -0.2) is 20.3 Å². The zero-order valence-corrected chi connectivity index (χ0v) is 8.69. The first-order valence-corrected chi connectivity index (χ1v) is 4.61. The molecule has 0 aliphatic rings. The summed E-state index contributed by atoms with van der Waals surface area (Å²) in [6.45, 7) is 3.50. The average Bonchev–Trinajstić information content (AvgIpc) is 2.11. The fourth-order valence-corrected chi connectivity index (χ4v) is 1.25. The van der Waals surface area contributed by atoms with Crippen LogP contribution in [0.1, 0.15) is 5.56 Å². The average molecular weight is 200 g/mol. The van der Waals surface area contributed by atoms with Crippen molar-refractivity contribution in [2.45, 2.75) is 6.92 Å². The maximum absolute atomic E-state index is 5.97. The fraction of sp³-hybridized carbons (Fsp3) is 0.400. The van der Waals surface area contributed by atoms with Crippen LogP contribution < -0.4 is 5.32 Å². The van der Waals surface area contributed by atoms with E-state index in [9.17, 15) is 0 Å². The molecule has 0 heterocycles. The molecule has 1 aromatic carbocycles. The molecule has 1 aromatic rings. The summed E-state index contributed by atoms with van der Waals surface area (Å²) in [6, 6.07) is 5.91. The Kier molecular flexibility index (Phi) is 4.06. The maximum atomic E-state index is 5.97. The number of halogens is 1. The molecule has 0 aromatic heterocycles. The molecule has 0 spiro atoms. The van der Waals surface area contributed by atoms with Gasteiger partial charge in [0.25, 0.3) is 0 Å². The van der Waals surface area contributed by atoms with E-state index in [4.69, 9.17) is 16.3 Å². The molecule has 3 heteroatoms. The lowest BCUT2D eigenvalue weighted by atomic mass is 10.2. The summed E-state index contributed by atoms with van der Waals surface area (Å²) in [5.74, 6) is 0. The highest BCUT2D eigenvalue weighted by Gasteiger charge is 1.98. The van der Waals surface area contributed by atoms with Gasteiger partial charge in [-0.05, 0) is 24.6 Å². The number of hydrogen-bond donors (Lipinski definition) is 1. The Balaban J connectivity index is 2.59. The molecule has 72 valence electrons. The Bertz CT molecular complexity index is 276. The predicted octanol–water partition coefficient (Wildman–Crippen LogP) is 2.71. The van der Waals surface area contributed by atoms with E-state index in [0.29, 0.717) is 6.61 Å². The smallest absolute Gasteiger partial charge is 0.0637 e. The van der Waals surface area contributed by atoms with E-state index >= 15 is 0 Å². The molecular formula is C10H14ClNO. The summed E-state index contributed by atoms with van der Waals surface area (Å²) in [5.41, 5.74) is 2.17. The van der Waals surface area contributed by atoms with Crippen molar-refractivity contribution in [3.05, 3.63) is 28.8 Å².